The normalized spacial score (nSPS) is 12.2. The summed E-state index contributed by atoms with van der Waals surface area (Å²) in [5.74, 6) is -0.351. The van der Waals surface area contributed by atoms with Gasteiger partial charge in [0.15, 0.2) is 0 Å². The van der Waals surface area contributed by atoms with Crippen LogP contribution in [0.4, 0.5) is 0 Å². The molecule has 1 aromatic rings. The molecule has 1 atom stereocenters. The third-order valence-electron chi connectivity index (χ3n) is 2.76. The monoisotopic (exact) mass is 265 g/mol. The molecule has 0 aliphatic rings. The number of ether oxygens (including phenoxy) is 1. The van der Waals surface area contributed by atoms with Crippen LogP contribution in [0.5, 0.6) is 0 Å². The molecule has 0 bridgehead atoms. The van der Waals surface area contributed by atoms with Crippen molar-refractivity contribution in [3.8, 4) is 0 Å². The molecule has 0 saturated heterocycles. The molecule has 4 heteroatoms. The predicted molar refractivity (Wildman–Crippen MR) is 75.0 cm³/mol. The van der Waals surface area contributed by atoms with E-state index in [-0.39, 0.29) is 12.4 Å². The average molecular weight is 265 g/mol. The quantitative estimate of drug-likeness (QED) is 0.551. The number of nitrogens with one attached hydrogen (secondary N) is 1. The lowest BCUT2D eigenvalue weighted by atomic mass is 10.1. The Morgan fingerprint density at radius 3 is 2.95 bits per heavy atom. The second-order valence-electron chi connectivity index (χ2n) is 4.61. The maximum Gasteiger partial charge on any atom is 0.308 e. The summed E-state index contributed by atoms with van der Waals surface area (Å²) in [5, 5.41) is 12.8. The first-order chi connectivity index (χ1) is 9.11. The molecule has 0 aliphatic heterocycles. The minimum Gasteiger partial charge on any atom is -0.466 e. The summed E-state index contributed by atoms with van der Waals surface area (Å²) in [6.07, 6.45) is 0.274. The zero-order valence-electron chi connectivity index (χ0n) is 11.7. The summed E-state index contributed by atoms with van der Waals surface area (Å²) in [6.45, 7) is 5.37. The minimum atomic E-state index is -0.684. The van der Waals surface area contributed by atoms with Gasteiger partial charge in [0, 0.05) is 6.54 Å². The molecule has 0 fully saturated rings. The summed E-state index contributed by atoms with van der Waals surface area (Å²) in [5.41, 5.74) is 2.52. The van der Waals surface area contributed by atoms with Crippen LogP contribution in [0.1, 0.15) is 24.5 Å². The van der Waals surface area contributed by atoms with Crippen LogP contribution in [-0.2, 0) is 16.0 Å². The summed E-state index contributed by atoms with van der Waals surface area (Å²) < 4.78 is 4.77. The van der Waals surface area contributed by atoms with E-state index in [1.807, 2.05) is 6.07 Å². The highest BCUT2D eigenvalue weighted by atomic mass is 16.5. The Balaban J connectivity index is 2.15. The minimum absolute atomic E-state index is 0.0469. The van der Waals surface area contributed by atoms with Gasteiger partial charge in [0.1, 0.15) is 0 Å². The van der Waals surface area contributed by atoms with Gasteiger partial charge in [-0.2, -0.15) is 0 Å². The third-order valence-corrected chi connectivity index (χ3v) is 2.76. The van der Waals surface area contributed by atoms with Crippen molar-refractivity contribution in [2.24, 2.45) is 0 Å². The molecular formula is C15H23NO3. The maximum absolute atomic E-state index is 11.1. The van der Waals surface area contributed by atoms with Crippen LogP contribution in [0.15, 0.2) is 24.3 Å². The molecular weight excluding hydrogens is 242 g/mol. The van der Waals surface area contributed by atoms with Crippen LogP contribution in [0.25, 0.3) is 0 Å². The fourth-order valence-electron chi connectivity index (χ4n) is 1.85. The first-order valence-electron chi connectivity index (χ1n) is 6.71. The molecule has 2 N–H and O–H groups in total. The number of hydrogen-bond donors (Lipinski definition) is 2. The molecule has 0 spiro atoms. The number of hydrogen-bond acceptors (Lipinski definition) is 4. The van der Waals surface area contributed by atoms with E-state index in [2.05, 4.69) is 30.4 Å². The van der Waals surface area contributed by atoms with Gasteiger partial charge in [-0.05, 0) is 32.4 Å². The van der Waals surface area contributed by atoms with Crippen LogP contribution in [-0.4, -0.2) is 36.9 Å². The van der Waals surface area contributed by atoms with Crippen LogP contribution >= 0.6 is 0 Å². The van der Waals surface area contributed by atoms with Gasteiger partial charge in [-0.25, -0.2) is 0 Å². The Morgan fingerprint density at radius 1 is 1.47 bits per heavy atom. The highest BCUT2D eigenvalue weighted by Crippen LogP contribution is 2.04. The number of aryl methyl sites for hydroxylation is 1. The Labute approximate surface area is 114 Å². The first-order valence-corrected chi connectivity index (χ1v) is 6.71. The van der Waals surface area contributed by atoms with E-state index < -0.39 is 6.10 Å². The molecule has 0 aliphatic carbocycles. The van der Waals surface area contributed by atoms with E-state index >= 15 is 0 Å². The van der Waals surface area contributed by atoms with E-state index in [1.165, 1.54) is 11.1 Å². The first kappa shape index (κ1) is 15.7. The molecule has 0 heterocycles. The number of carbonyl (C=O) groups excluding carboxylic acids is 1. The highest BCUT2D eigenvalue weighted by Gasteiger charge is 2.10. The third kappa shape index (κ3) is 6.94. The van der Waals surface area contributed by atoms with Crippen molar-refractivity contribution in [1.29, 1.82) is 0 Å². The van der Waals surface area contributed by atoms with Crippen molar-refractivity contribution in [2.75, 3.05) is 19.7 Å². The molecule has 19 heavy (non-hydrogen) atoms. The summed E-state index contributed by atoms with van der Waals surface area (Å²) in [4.78, 5) is 11.1. The summed E-state index contributed by atoms with van der Waals surface area (Å²) in [7, 11) is 0. The Kier molecular flexibility index (Phi) is 7.15. The average Bonchev–Trinajstić information content (AvgIpc) is 2.35. The molecule has 1 rings (SSSR count). The van der Waals surface area contributed by atoms with Gasteiger partial charge in [-0.15, -0.1) is 0 Å². The molecule has 0 saturated carbocycles. The molecule has 1 aromatic carbocycles. The van der Waals surface area contributed by atoms with Crippen LogP contribution < -0.4 is 5.32 Å². The number of benzene rings is 1. The number of aliphatic hydroxyl groups is 1. The van der Waals surface area contributed by atoms with E-state index in [9.17, 15) is 9.90 Å². The largest absolute Gasteiger partial charge is 0.466 e. The van der Waals surface area contributed by atoms with Crippen LogP contribution in [0.2, 0.25) is 0 Å². The van der Waals surface area contributed by atoms with E-state index in [0.717, 1.165) is 13.0 Å². The zero-order valence-corrected chi connectivity index (χ0v) is 11.7. The van der Waals surface area contributed by atoms with Crippen molar-refractivity contribution < 1.29 is 14.6 Å². The van der Waals surface area contributed by atoms with Crippen LogP contribution in [0.3, 0.4) is 0 Å². The van der Waals surface area contributed by atoms with Crippen molar-refractivity contribution in [1.82, 2.24) is 5.32 Å². The van der Waals surface area contributed by atoms with Gasteiger partial charge in [0.05, 0.1) is 19.1 Å². The van der Waals surface area contributed by atoms with Gasteiger partial charge in [-0.3, -0.25) is 4.79 Å². The fraction of sp³-hybridized carbons (Fsp3) is 0.533. The molecule has 4 nitrogen and oxygen atoms in total. The number of esters is 1. The number of rotatable bonds is 8. The van der Waals surface area contributed by atoms with Gasteiger partial charge in [0.25, 0.3) is 0 Å². The Hall–Kier alpha value is -1.39. The molecule has 0 aromatic heterocycles. The molecule has 1 unspecified atom stereocenters. The number of aliphatic hydroxyl groups excluding tert-OH is 1. The highest BCUT2D eigenvalue weighted by molar-refractivity contribution is 5.69. The lowest BCUT2D eigenvalue weighted by Crippen LogP contribution is -2.30. The van der Waals surface area contributed by atoms with E-state index in [4.69, 9.17) is 4.74 Å². The second-order valence-corrected chi connectivity index (χ2v) is 4.61. The molecule has 0 amide bonds. The van der Waals surface area contributed by atoms with Crippen LogP contribution in [0, 0.1) is 6.92 Å². The van der Waals surface area contributed by atoms with Crippen molar-refractivity contribution in [3.05, 3.63) is 35.4 Å². The zero-order chi connectivity index (χ0) is 14.1. The molecule has 0 radical (unpaired) electrons. The lowest BCUT2D eigenvalue weighted by Gasteiger charge is -2.11. The van der Waals surface area contributed by atoms with E-state index in [0.29, 0.717) is 13.2 Å². The van der Waals surface area contributed by atoms with Crippen molar-refractivity contribution >= 4 is 5.97 Å². The standard InChI is InChI=1S/C15H23NO3/c1-3-19-15(18)10-14(17)11-16-8-7-13-6-4-5-12(2)9-13/h4-6,9,14,16-17H,3,7-8,10-11H2,1-2H3. The van der Waals surface area contributed by atoms with E-state index in [1.54, 1.807) is 6.92 Å². The molecule has 106 valence electrons. The number of carbonyl (C=O) groups is 1. The SMILES string of the molecule is CCOC(=O)CC(O)CNCCc1cccc(C)c1. The van der Waals surface area contributed by atoms with Gasteiger partial charge in [-0.1, -0.05) is 29.8 Å². The van der Waals surface area contributed by atoms with Crippen molar-refractivity contribution in [3.63, 3.8) is 0 Å². The van der Waals surface area contributed by atoms with Crippen molar-refractivity contribution in [2.45, 2.75) is 32.8 Å². The van der Waals surface area contributed by atoms with Gasteiger partial charge < -0.3 is 15.2 Å². The maximum atomic E-state index is 11.1. The topological polar surface area (TPSA) is 58.6 Å². The summed E-state index contributed by atoms with van der Waals surface area (Å²) >= 11 is 0. The second kappa shape index (κ2) is 8.67. The predicted octanol–water partition coefficient (Wildman–Crippen LogP) is 1.44. The van der Waals surface area contributed by atoms with Gasteiger partial charge in [0.2, 0.25) is 0 Å². The smallest absolute Gasteiger partial charge is 0.308 e. The van der Waals surface area contributed by atoms with Gasteiger partial charge >= 0.3 is 5.97 Å². The lowest BCUT2D eigenvalue weighted by molar-refractivity contribution is -0.145. The Bertz CT molecular complexity index is 393. The summed E-state index contributed by atoms with van der Waals surface area (Å²) in [6, 6.07) is 8.35. The Morgan fingerprint density at radius 2 is 2.26 bits per heavy atom. The fourth-order valence-corrected chi connectivity index (χ4v) is 1.85.